The first-order valence-corrected chi connectivity index (χ1v) is 8.79. The van der Waals surface area contributed by atoms with Crippen molar-refractivity contribution in [3.63, 3.8) is 0 Å². The second kappa shape index (κ2) is 8.47. The summed E-state index contributed by atoms with van der Waals surface area (Å²) in [7, 11) is 0. The second-order valence-electron chi connectivity index (χ2n) is 7.12. The molecule has 0 aromatic carbocycles. The van der Waals surface area contributed by atoms with Crippen molar-refractivity contribution >= 4 is 0 Å². The molecule has 2 saturated heterocycles. The van der Waals surface area contributed by atoms with Gasteiger partial charge in [0.1, 0.15) is 0 Å². The van der Waals surface area contributed by atoms with Gasteiger partial charge in [-0.15, -0.1) is 0 Å². The smallest absolute Gasteiger partial charge is 0.0599 e. The van der Waals surface area contributed by atoms with Gasteiger partial charge in [-0.1, -0.05) is 13.8 Å². The van der Waals surface area contributed by atoms with Crippen molar-refractivity contribution in [2.45, 2.75) is 58.6 Å². The van der Waals surface area contributed by atoms with E-state index in [9.17, 15) is 0 Å². The average Bonchev–Trinajstić information content (AvgIpc) is 2.49. The highest BCUT2D eigenvalue weighted by atomic mass is 16.5. The van der Waals surface area contributed by atoms with Crippen LogP contribution in [0, 0.1) is 5.41 Å². The van der Waals surface area contributed by atoms with Crippen LogP contribution < -0.4 is 5.32 Å². The predicted octanol–water partition coefficient (Wildman–Crippen LogP) is 2.28. The van der Waals surface area contributed by atoms with E-state index in [2.05, 4.69) is 31.0 Å². The molecule has 2 heterocycles. The van der Waals surface area contributed by atoms with Crippen molar-refractivity contribution in [3.8, 4) is 0 Å². The first kappa shape index (κ1) is 17.2. The molecular formula is C17H34N2O2. The van der Waals surface area contributed by atoms with Crippen molar-refractivity contribution in [3.05, 3.63) is 0 Å². The third-order valence-corrected chi connectivity index (χ3v) is 4.79. The monoisotopic (exact) mass is 298 g/mol. The summed E-state index contributed by atoms with van der Waals surface area (Å²) in [5.41, 5.74) is 0.307. The van der Waals surface area contributed by atoms with Crippen LogP contribution >= 0.6 is 0 Å². The van der Waals surface area contributed by atoms with Crippen LogP contribution in [0.2, 0.25) is 0 Å². The molecule has 1 unspecified atom stereocenters. The van der Waals surface area contributed by atoms with E-state index < -0.39 is 0 Å². The van der Waals surface area contributed by atoms with E-state index in [4.69, 9.17) is 9.47 Å². The van der Waals surface area contributed by atoms with E-state index >= 15 is 0 Å². The Kier molecular flexibility index (Phi) is 6.93. The summed E-state index contributed by atoms with van der Waals surface area (Å²) in [6, 6.07) is 0.549. The average molecular weight is 298 g/mol. The summed E-state index contributed by atoms with van der Waals surface area (Å²) in [6.45, 7) is 13.9. The number of ether oxygens (including phenoxy) is 2. The summed E-state index contributed by atoms with van der Waals surface area (Å²) < 4.78 is 11.6. The topological polar surface area (TPSA) is 33.7 Å². The van der Waals surface area contributed by atoms with Crippen LogP contribution in [0.4, 0.5) is 0 Å². The van der Waals surface area contributed by atoms with Gasteiger partial charge in [0.15, 0.2) is 0 Å². The minimum absolute atomic E-state index is 0.307. The summed E-state index contributed by atoms with van der Waals surface area (Å²) >= 11 is 0. The van der Waals surface area contributed by atoms with Crippen molar-refractivity contribution in [1.82, 2.24) is 10.2 Å². The molecule has 1 N–H and O–H groups in total. The molecule has 21 heavy (non-hydrogen) atoms. The SMILES string of the molecule is CCOC1CCN(CC2(CNC(C)C)CCCOC2)CC1. The first-order chi connectivity index (χ1) is 10.1. The molecule has 0 saturated carbocycles. The van der Waals surface area contributed by atoms with Crippen LogP contribution in [-0.2, 0) is 9.47 Å². The van der Waals surface area contributed by atoms with E-state index in [0.717, 1.165) is 26.4 Å². The van der Waals surface area contributed by atoms with E-state index in [-0.39, 0.29) is 0 Å². The Hall–Kier alpha value is -0.160. The molecule has 4 heteroatoms. The van der Waals surface area contributed by atoms with Crippen LogP contribution in [0.5, 0.6) is 0 Å². The largest absolute Gasteiger partial charge is 0.381 e. The van der Waals surface area contributed by atoms with Gasteiger partial charge in [-0.05, 0) is 32.6 Å². The Balaban J connectivity index is 1.84. The predicted molar refractivity (Wildman–Crippen MR) is 86.7 cm³/mol. The fourth-order valence-electron chi connectivity index (χ4n) is 3.59. The lowest BCUT2D eigenvalue weighted by atomic mass is 9.81. The van der Waals surface area contributed by atoms with E-state index in [0.29, 0.717) is 17.6 Å². The minimum atomic E-state index is 0.307. The number of nitrogens with one attached hydrogen (secondary N) is 1. The van der Waals surface area contributed by atoms with E-state index in [1.54, 1.807) is 0 Å². The highest BCUT2D eigenvalue weighted by Gasteiger charge is 2.35. The van der Waals surface area contributed by atoms with Gasteiger partial charge in [0.05, 0.1) is 12.7 Å². The van der Waals surface area contributed by atoms with E-state index in [1.807, 2.05) is 0 Å². The van der Waals surface area contributed by atoms with Crippen LogP contribution in [0.15, 0.2) is 0 Å². The normalized spacial score (nSPS) is 29.1. The molecule has 124 valence electrons. The number of hydrogen-bond donors (Lipinski definition) is 1. The molecule has 2 aliphatic heterocycles. The van der Waals surface area contributed by atoms with Crippen LogP contribution in [-0.4, -0.2) is 63.0 Å². The standard InChI is InChI=1S/C17H34N2O2/c1-4-21-16-6-9-19(10-7-16)13-17(12-18-15(2)3)8-5-11-20-14-17/h15-16,18H,4-14H2,1-3H3. The van der Waals surface area contributed by atoms with Gasteiger partial charge in [-0.25, -0.2) is 0 Å². The zero-order chi connectivity index (χ0) is 15.1. The molecular weight excluding hydrogens is 264 g/mol. The molecule has 2 rings (SSSR count). The maximum Gasteiger partial charge on any atom is 0.0599 e. The second-order valence-corrected chi connectivity index (χ2v) is 7.12. The van der Waals surface area contributed by atoms with Gasteiger partial charge in [0, 0.05) is 50.8 Å². The Morgan fingerprint density at radius 2 is 2.10 bits per heavy atom. The summed E-state index contributed by atoms with van der Waals surface area (Å²) in [5, 5.41) is 3.64. The lowest BCUT2D eigenvalue weighted by Crippen LogP contribution is -2.52. The first-order valence-electron chi connectivity index (χ1n) is 8.79. The molecule has 0 amide bonds. The van der Waals surface area contributed by atoms with Crippen molar-refractivity contribution in [1.29, 1.82) is 0 Å². The van der Waals surface area contributed by atoms with Crippen LogP contribution in [0.3, 0.4) is 0 Å². The summed E-state index contributed by atoms with van der Waals surface area (Å²) in [5.74, 6) is 0. The number of likely N-dealkylation sites (tertiary alicyclic amines) is 1. The van der Waals surface area contributed by atoms with Crippen molar-refractivity contribution in [2.75, 3.05) is 46.0 Å². The lowest BCUT2D eigenvalue weighted by molar-refractivity contribution is -0.0427. The summed E-state index contributed by atoms with van der Waals surface area (Å²) in [6.07, 6.45) is 5.34. The Labute approximate surface area is 130 Å². The lowest BCUT2D eigenvalue weighted by Gasteiger charge is -2.43. The Bertz CT molecular complexity index is 283. The third kappa shape index (κ3) is 5.51. The number of rotatable bonds is 7. The molecule has 0 aliphatic carbocycles. The van der Waals surface area contributed by atoms with Gasteiger partial charge >= 0.3 is 0 Å². The van der Waals surface area contributed by atoms with Crippen molar-refractivity contribution < 1.29 is 9.47 Å². The molecule has 0 bridgehead atoms. The fourth-order valence-corrected chi connectivity index (χ4v) is 3.59. The van der Waals surface area contributed by atoms with Crippen LogP contribution in [0.1, 0.15) is 46.5 Å². The van der Waals surface area contributed by atoms with Gasteiger partial charge in [-0.3, -0.25) is 0 Å². The molecule has 4 nitrogen and oxygen atoms in total. The number of nitrogens with zero attached hydrogens (tertiary/aromatic N) is 1. The molecule has 0 spiro atoms. The quantitative estimate of drug-likeness (QED) is 0.782. The minimum Gasteiger partial charge on any atom is -0.381 e. The molecule has 0 radical (unpaired) electrons. The zero-order valence-electron chi connectivity index (χ0n) is 14.2. The highest BCUT2D eigenvalue weighted by molar-refractivity contribution is 4.89. The molecule has 2 fully saturated rings. The van der Waals surface area contributed by atoms with Gasteiger partial charge in [0.25, 0.3) is 0 Å². The van der Waals surface area contributed by atoms with Gasteiger partial charge in [0.2, 0.25) is 0 Å². The highest BCUT2D eigenvalue weighted by Crippen LogP contribution is 2.30. The maximum absolute atomic E-state index is 5.83. The van der Waals surface area contributed by atoms with Gasteiger partial charge in [-0.2, -0.15) is 0 Å². The van der Waals surface area contributed by atoms with Crippen LogP contribution in [0.25, 0.3) is 0 Å². The fraction of sp³-hybridized carbons (Fsp3) is 1.00. The third-order valence-electron chi connectivity index (χ3n) is 4.79. The molecule has 2 aliphatic rings. The molecule has 1 atom stereocenters. The Morgan fingerprint density at radius 1 is 1.33 bits per heavy atom. The van der Waals surface area contributed by atoms with Crippen molar-refractivity contribution in [2.24, 2.45) is 5.41 Å². The number of hydrogen-bond acceptors (Lipinski definition) is 4. The maximum atomic E-state index is 5.83. The summed E-state index contributed by atoms with van der Waals surface area (Å²) in [4.78, 5) is 2.63. The Morgan fingerprint density at radius 3 is 2.67 bits per heavy atom. The van der Waals surface area contributed by atoms with E-state index in [1.165, 1.54) is 45.3 Å². The zero-order valence-corrected chi connectivity index (χ0v) is 14.2. The molecule has 0 aromatic heterocycles. The number of piperidine rings is 1. The van der Waals surface area contributed by atoms with Gasteiger partial charge < -0.3 is 19.7 Å². The molecule has 0 aromatic rings.